The summed E-state index contributed by atoms with van der Waals surface area (Å²) in [4.78, 5) is 13.9. The molecule has 0 aromatic heterocycles. The summed E-state index contributed by atoms with van der Waals surface area (Å²) in [7, 11) is 0. The molecule has 0 fully saturated rings. The fourth-order valence-corrected chi connectivity index (χ4v) is 3.83. The Bertz CT molecular complexity index is 542. The largest absolute Gasteiger partial charge is 0.480 e. The highest BCUT2D eigenvalue weighted by Crippen LogP contribution is 2.45. The summed E-state index contributed by atoms with van der Waals surface area (Å²) in [5.41, 5.74) is 1.99. The zero-order valence-corrected chi connectivity index (χ0v) is 13.9. The standard InChI is InChI=1S/C17H24ClNO2/c1-5-6-15(16(20)21)19-14-8-7-12(18)9-13(14)11(2)10-17(19,3)4/h7-9,11,15H,5-6,10H2,1-4H3,(H,20,21). The molecule has 1 aliphatic heterocycles. The van der Waals surface area contributed by atoms with Gasteiger partial charge < -0.3 is 10.0 Å². The van der Waals surface area contributed by atoms with E-state index in [4.69, 9.17) is 11.6 Å². The van der Waals surface area contributed by atoms with Gasteiger partial charge in [-0.15, -0.1) is 0 Å². The van der Waals surface area contributed by atoms with Crippen molar-refractivity contribution in [3.63, 3.8) is 0 Å². The first-order chi connectivity index (χ1) is 9.77. The lowest BCUT2D eigenvalue weighted by Gasteiger charge is -2.50. The average molecular weight is 310 g/mol. The zero-order valence-electron chi connectivity index (χ0n) is 13.2. The van der Waals surface area contributed by atoms with E-state index in [1.807, 2.05) is 25.1 Å². The number of hydrogen-bond acceptors (Lipinski definition) is 2. The van der Waals surface area contributed by atoms with Gasteiger partial charge in [0.05, 0.1) is 0 Å². The minimum atomic E-state index is -0.750. The number of carbonyl (C=O) groups is 1. The number of benzene rings is 1. The molecule has 1 N–H and O–H groups in total. The second-order valence-electron chi connectivity index (χ2n) is 6.63. The number of nitrogens with zero attached hydrogens (tertiary/aromatic N) is 1. The fourth-order valence-electron chi connectivity index (χ4n) is 3.65. The van der Waals surface area contributed by atoms with Crippen molar-refractivity contribution in [2.45, 2.75) is 64.5 Å². The van der Waals surface area contributed by atoms with Crippen molar-refractivity contribution in [2.24, 2.45) is 0 Å². The third kappa shape index (κ3) is 3.03. The Morgan fingerprint density at radius 2 is 2.19 bits per heavy atom. The van der Waals surface area contributed by atoms with E-state index in [0.717, 1.165) is 24.1 Å². The first-order valence-electron chi connectivity index (χ1n) is 7.59. The van der Waals surface area contributed by atoms with E-state index in [-0.39, 0.29) is 5.54 Å². The smallest absolute Gasteiger partial charge is 0.326 e. The molecule has 21 heavy (non-hydrogen) atoms. The Hall–Kier alpha value is -1.22. The van der Waals surface area contributed by atoms with Crippen molar-refractivity contribution in [2.75, 3.05) is 4.90 Å². The molecular weight excluding hydrogens is 286 g/mol. The molecule has 2 atom stereocenters. The molecule has 0 saturated heterocycles. The van der Waals surface area contributed by atoms with Crippen LogP contribution in [0.3, 0.4) is 0 Å². The van der Waals surface area contributed by atoms with Crippen molar-refractivity contribution in [3.8, 4) is 0 Å². The highest BCUT2D eigenvalue weighted by atomic mass is 35.5. The van der Waals surface area contributed by atoms with Crippen LogP contribution < -0.4 is 4.90 Å². The van der Waals surface area contributed by atoms with Gasteiger partial charge in [-0.3, -0.25) is 0 Å². The maximum Gasteiger partial charge on any atom is 0.326 e. The van der Waals surface area contributed by atoms with E-state index in [2.05, 4.69) is 25.7 Å². The van der Waals surface area contributed by atoms with Crippen molar-refractivity contribution in [1.29, 1.82) is 0 Å². The van der Waals surface area contributed by atoms with Gasteiger partial charge in [-0.2, -0.15) is 0 Å². The SMILES string of the molecule is CCCC(C(=O)O)N1c2ccc(Cl)cc2C(C)CC1(C)C. The molecule has 116 valence electrons. The molecule has 0 bridgehead atoms. The summed E-state index contributed by atoms with van der Waals surface area (Å²) >= 11 is 6.13. The van der Waals surface area contributed by atoms with Crippen molar-refractivity contribution < 1.29 is 9.90 Å². The minimum Gasteiger partial charge on any atom is -0.480 e. The molecule has 0 spiro atoms. The quantitative estimate of drug-likeness (QED) is 0.877. The van der Waals surface area contributed by atoms with Crippen LogP contribution in [0, 0.1) is 0 Å². The van der Waals surface area contributed by atoms with E-state index >= 15 is 0 Å². The number of fused-ring (bicyclic) bond motifs is 1. The van der Waals surface area contributed by atoms with Crippen LogP contribution in [0.5, 0.6) is 0 Å². The van der Waals surface area contributed by atoms with E-state index in [1.54, 1.807) is 0 Å². The van der Waals surface area contributed by atoms with Crippen LogP contribution in [0.15, 0.2) is 18.2 Å². The maximum atomic E-state index is 11.8. The molecule has 1 aromatic carbocycles. The normalized spacial score (nSPS) is 21.8. The molecular formula is C17H24ClNO2. The Kier molecular flexibility index (Phi) is 4.52. The van der Waals surface area contributed by atoms with Gasteiger partial charge in [0.15, 0.2) is 0 Å². The number of carboxylic acid groups (broad SMARTS) is 1. The lowest BCUT2D eigenvalue weighted by molar-refractivity contribution is -0.139. The number of halogens is 1. The van der Waals surface area contributed by atoms with Crippen LogP contribution in [0.25, 0.3) is 0 Å². The molecule has 0 radical (unpaired) electrons. The topological polar surface area (TPSA) is 40.5 Å². The van der Waals surface area contributed by atoms with Crippen molar-refractivity contribution in [3.05, 3.63) is 28.8 Å². The molecule has 0 saturated carbocycles. The molecule has 0 aliphatic carbocycles. The summed E-state index contributed by atoms with van der Waals surface area (Å²) in [5, 5.41) is 10.4. The second-order valence-corrected chi connectivity index (χ2v) is 7.07. The van der Waals surface area contributed by atoms with Crippen molar-refractivity contribution >= 4 is 23.3 Å². The van der Waals surface area contributed by atoms with E-state index < -0.39 is 12.0 Å². The summed E-state index contributed by atoms with van der Waals surface area (Å²) in [5.74, 6) is -0.374. The molecule has 3 nitrogen and oxygen atoms in total. The molecule has 0 amide bonds. The number of rotatable bonds is 4. The molecule has 4 heteroatoms. The van der Waals surface area contributed by atoms with Gasteiger partial charge in [-0.1, -0.05) is 31.9 Å². The molecule has 2 rings (SSSR count). The highest BCUT2D eigenvalue weighted by Gasteiger charge is 2.42. The van der Waals surface area contributed by atoms with E-state index in [0.29, 0.717) is 17.4 Å². The predicted octanol–water partition coefficient (Wildman–Crippen LogP) is 4.69. The first kappa shape index (κ1) is 16.2. The number of hydrogen-bond donors (Lipinski definition) is 1. The second kappa shape index (κ2) is 5.88. The highest BCUT2D eigenvalue weighted by molar-refractivity contribution is 6.30. The summed E-state index contributed by atoms with van der Waals surface area (Å²) in [6.45, 7) is 8.47. The fraction of sp³-hybridized carbons (Fsp3) is 0.588. The van der Waals surface area contributed by atoms with Crippen LogP contribution in [-0.4, -0.2) is 22.7 Å². The van der Waals surface area contributed by atoms with Crippen LogP contribution in [0.1, 0.15) is 58.4 Å². The van der Waals surface area contributed by atoms with Gasteiger partial charge in [0.25, 0.3) is 0 Å². The lowest BCUT2D eigenvalue weighted by atomic mass is 9.79. The predicted molar refractivity (Wildman–Crippen MR) is 87.4 cm³/mol. The van der Waals surface area contributed by atoms with Gasteiger partial charge in [0, 0.05) is 16.2 Å². The molecule has 2 unspecified atom stereocenters. The summed E-state index contributed by atoms with van der Waals surface area (Å²) < 4.78 is 0. The molecule has 1 heterocycles. The van der Waals surface area contributed by atoms with E-state index in [1.165, 1.54) is 0 Å². The lowest BCUT2D eigenvalue weighted by Crippen LogP contribution is -2.56. The van der Waals surface area contributed by atoms with Crippen LogP contribution >= 0.6 is 11.6 Å². The third-order valence-electron chi connectivity index (χ3n) is 4.40. The van der Waals surface area contributed by atoms with Gasteiger partial charge in [-0.05, 0) is 56.4 Å². The monoisotopic (exact) mass is 309 g/mol. The van der Waals surface area contributed by atoms with E-state index in [9.17, 15) is 9.90 Å². The Balaban J connectivity index is 2.56. The van der Waals surface area contributed by atoms with Crippen LogP contribution in [0.4, 0.5) is 5.69 Å². The van der Waals surface area contributed by atoms with Crippen LogP contribution in [-0.2, 0) is 4.79 Å². The molecule has 1 aromatic rings. The minimum absolute atomic E-state index is 0.182. The zero-order chi connectivity index (χ0) is 15.8. The van der Waals surface area contributed by atoms with Gasteiger partial charge in [0.1, 0.15) is 6.04 Å². The Morgan fingerprint density at radius 1 is 1.52 bits per heavy atom. The summed E-state index contributed by atoms with van der Waals surface area (Å²) in [6.07, 6.45) is 2.42. The third-order valence-corrected chi connectivity index (χ3v) is 4.63. The number of aliphatic carboxylic acids is 1. The first-order valence-corrected chi connectivity index (χ1v) is 7.97. The van der Waals surface area contributed by atoms with Gasteiger partial charge in [-0.25, -0.2) is 4.79 Å². The summed E-state index contributed by atoms with van der Waals surface area (Å²) in [6, 6.07) is 5.32. The Morgan fingerprint density at radius 3 is 2.76 bits per heavy atom. The maximum absolute atomic E-state index is 11.8. The van der Waals surface area contributed by atoms with Crippen molar-refractivity contribution in [1.82, 2.24) is 0 Å². The Labute approximate surface area is 131 Å². The average Bonchev–Trinajstić information content (AvgIpc) is 2.37. The van der Waals surface area contributed by atoms with Crippen LogP contribution in [0.2, 0.25) is 5.02 Å². The van der Waals surface area contributed by atoms with Gasteiger partial charge in [0.2, 0.25) is 0 Å². The number of carboxylic acids is 1. The van der Waals surface area contributed by atoms with Gasteiger partial charge >= 0.3 is 5.97 Å². The molecule has 1 aliphatic rings. The number of anilines is 1.